The zero-order valence-electron chi connectivity index (χ0n) is 15.2. The van der Waals surface area contributed by atoms with E-state index in [1.807, 2.05) is 0 Å². The summed E-state index contributed by atoms with van der Waals surface area (Å²) in [6, 6.07) is 7.37. The highest BCUT2D eigenvalue weighted by atomic mass is 19.4. The van der Waals surface area contributed by atoms with E-state index in [0.717, 1.165) is 4.90 Å². The van der Waals surface area contributed by atoms with Crippen molar-refractivity contribution in [1.29, 1.82) is 0 Å². The highest BCUT2D eigenvalue weighted by Gasteiger charge is 2.50. The molecule has 1 aliphatic heterocycles. The third-order valence-corrected chi connectivity index (χ3v) is 4.20. The van der Waals surface area contributed by atoms with Crippen molar-refractivity contribution >= 4 is 5.91 Å². The Bertz CT molecular complexity index is 709. The van der Waals surface area contributed by atoms with Gasteiger partial charge < -0.3 is 14.4 Å². The lowest BCUT2D eigenvalue weighted by Crippen LogP contribution is -2.53. The van der Waals surface area contributed by atoms with Gasteiger partial charge in [0.15, 0.2) is 5.79 Å². The Morgan fingerprint density at radius 2 is 2.00 bits per heavy atom. The molecule has 1 aliphatic rings. The predicted octanol–water partition coefficient (Wildman–Crippen LogP) is 3.68. The summed E-state index contributed by atoms with van der Waals surface area (Å²) in [7, 11) is 0. The van der Waals surface area contributed by atoms with Crippen molar-refractivity contribution in [3.8, 4) is 12.3 Å². The van der Waals surface area contributed by atoms with Crippen LogP contribution in [-0.2, 0) is 20.8 Å². The summed E-state index contributed by atoms with van der Waals surface area (Å²) in [6.07, 6.45) is 0.115. The van der Waals surface area contributed by atoms with Crippen LogP contribution in [0.4, 0.5) is 13.2 Å². The largest absolute Gasteiger partial charge is 0.471 e. The number of benzene rings is 1. The van der Waals surface area contributed by atoms with Crippen LogP contribution in [0.3, 0.4) is 0 Å². The molecule has 0 N–H and O–H groups in total. The second kappa shape index (κ2) is 8.15. The van der Waals surface area contributed by atoms with Crippen molar-refractivity contribution in [2.45, 2.75) is 57.0 Å². The molecule has 1 aromatic rings. The molecule has 1 saturated heterocycles. The molecule has 7 heteroatoms. The molecule has 1 amide bonds. The highest BCUT2D eigenvalue weighted by Crippen LogP contribution is 2.35. The van der Waals surface area contributed by atoms with Gasteiger partial charge in [0.25, 0.3) is 0 Å². The lowest BCUT2D eigenvalue weighted by molar-refractivity contribution is -0.193. The number of carbonyl (C=O) groups excluding carboxylic acids is 1. The molecule has 1 heterocycles. The Morgan fingerprint density at radius 3 is 2.52 bits per heavy atom. The number of nitrogens with zero attached hydrogens (tertiary/aromatic N) is 1. The van der Waals surface area contributed by atoms with E-state index in [2.05, 4.69) is 12.5 Å². The number of carbonyl (C=O) groups is 1. The van der Waals surface area contributed by atoms with E-state index in [1.54, 1.807) is 44.2 Å². The smallest absolute Gasteiger partial charge is 0.342 e. The van der Waals surface area contributed by atoms with Crippen LogP contribution in [-0.4, -0.2) is 41.0 Å². The summed E-state index contributed by atoms with van der Waals surface area (Å²) in [5.41, 5.74) is 0.547. The standard InChI is InChI=1S/C20H22F3NO3/c1-5-10-15(17-16(6-2)26-19(3,4)27-17)24(18(25)20(21,22)23)13-14-11-8-7-9-12-14/h1,6-9,11-12,15-17H,2,10,13H2,3-4H3/t15-,16+,17+/m0/s1. The van der Waals surface area contributed by atoms with Crippen LogP contribution < -0.4 is 0 Å². The van der Waals surface area contributed by atoms with Gasteiger partial charge in [-0.1, -0.05) is 36.4 Å². The van der Waals surface area contributed by atoms with Crippen molar-refractivity contribution in [1.82, 2.24) is 4.90 Å². The fourth-order valence-corrected chi connectivity index (χ4v) is 3.10. The number of rotatable bonds is 6. The topological polar surface area (TPSA) is 38.8 Å². The quantitative estimate of drug-likeness (QED) is 0.557. The molecule has 1 aromatic carbocycles. The fraction of sp³-hybridized carbons (Fsp3) is 0.450. The second-order valence-electron chi connectivity index (χ2n) is 6.69. The average molecular weight is 381 g/mol. The number of amides is 1. The minimum absolute atomic E-state index is 0.122. The molecule has 0 aromatic heterocycles. The van der Waals surface area contributed by atoms with E-state index in [1.165, 1.54) is 6.08 Å². The van der Waals surface area contributed by atoms with Gasteiger partial charge in [0, 0.05) is 13.0 Å². The van der Waals surface area contributed by atoms with E-state index < -0.39 is 36.1 Å². The minimum atomic E-state index is -5.04. The van der Waals surface area contributed by atoms with Gasteiger partial charge >= 0.3 is 12.1 Å². The molecular formula is C20H22F3NO3. The zero-order valence-corrected chi connectivity index (χ0v) is 15.2. The Kier molecular flexibility index (Phi) is 6.34. The zero-order chi connectivity index (χ0) is 20.2. The molecule has 0 spiro atoms. The van der Waals surface area contributed by atoms with Crippen molar-refractivity contribution in [2.75, 3.05) is 0 Å². The van der Waals surface area contributed by atoms with Crippen molar-refractivity contribution in [3.05, 3.63) is 48.6 Å². The number of hydrogen-bond donors (Lipinski definition) is 0. The molecule has 0 aliphatic carbocycles. The molecule has 146 valence electrons. The average Bonchev–Trinajstić information content (AvgIpc) is 2.92. The number of ether oxygens (including phenoxy) is 2. The lowest BCUT2D eigenvalue weighted by Gasteiger charge is -2.35. The summed E-state index contributed by atoms with van der Waals surface area (Å²) in [5.74, 6) is -0.643. The Hall–Kier alpha value is -2.30. The number of halogens is 3. The van der Waals surface area contributed by atoms with Gasteiger partial charge in [-0.3, -0.25) is 4.79 Å². The minimum Gasteiger partial charge on any atom is -0.342 e. The van der Waals surface area contributed by atoms with Crippen LogP contribution in [0.25, 0.3) is 0 Å². The van der Waals surface area contributed by atoms with Crippen LogP contribution >= 0.6 is 0 Å². The summed E-state index contributed by atoms with van der Waals surface area (Å²) in [6.45, 7) is 6.69. The van der Waals surface area contributed by atoms with Crippen LogP contribution in [0.5, 0.6) is 0 Å². The fourth-order valence-electron chi connectivity index (χ4n) is 3.10. The number of alkyl halides is 3. The Balaban J connectivity index is 2.43. The maximum Gasteiger partial charge on any atom is 0.471 e. The third kappa shape index (κ3) is 5.12. The van der Waals surface area contributed by atoms with Crippen LogP contribution in [0.1, 0.15) is 25.8 Å². The SMILES string of the molecule is C#CC[C@@H]([C@H]1OC(C)(C)O[C@@H]1C=C)N(Cc1ccccc1)C(=O)C(F)(F)F. The first kappa shape index (κ1) is 21.0. The van der Waals surface area contributed by atoms with Crippen molar-refractivity contribution in [3.63, 3.8) is 0 Å². The summed E-state index contributed by atoms with van der Waals surface area (Å²) < 4.78 is 51.3. The van der Waals surface area contributed by atoms with Gasteiger partial charge in [0.2, 0.25) is 0 Å². The monoisotopic (exact) mass is 381 g/mol. The number of terminal acetylenes is 1. The molecule has 1 fully saturated rings. The maximum absolute atomic E-state index is 13.3. The van der Waals surface area contributed by atoms with Gasteiger partial charge in [0.05, 0.1) is 6.04 Å². The van der Waals surface area contributed by atoms with Gasteiger partial charge in [0.1, 0.15) is 12.2 Å². The van der Waals surface area contributed by atoms with Crippen LogP contribution in [0, 0.1) is 12.3 Å². The molecule has 0 radical (unpaired) electrons. The van der Waals surface area contributed by atoms with Gasteiger partial charge in [-0.15, -0.1) is 18.9 Å². The van der Waals surface area contributed by atoms with E-state index >= 15 is 0 Å². The van der Waals surface area contributed by atoms with E-state index in [0.29, 0.717) is 5.56 Å². The molecule has 2 rings (SSSR count). The van der Waals surface area contributed by atoms with Crippen molar-refractivity contribution in [2.24, 2.45) is 0 Å². The Morgan fingerprint density at radius 1 is 1.37 bits per heavy atom. The van der Waals surface area contributed by atoms with Gasteiger partial charge in [-0.25, -0.2) is 0 Å². The first-order valence-corrected chi connectivity index (χ1v) is 8.42. The normalized spacial score (nSPS) is 22.7. The first-order valence-electron chi connectivity index (χ1n) is 8.42. The van der Waals surface area contributed by atoms with Gasteiger partial charge in [-0.05, 0) is 19.4 Å². The molecular weight excluding hydrogens is 359 g/mol. The lowest BCUT2D eigenvalue weighted by atomic mass is 9.99. The molecule has 27 heavy (non-hydrogen) atoms. The van der Waals surface area contributed by atoms with E-state index in [9.17, 15) is 18.0 Å². The maximum atomic E-state index is 13.3. The first-order chi connectivity index (χ1) is 12.6. The molecule has 0 unspecified atom stereocenters. The second-order valence-corrected chi connectivity index (χ2v) is 6.69. The molecule has 4 nitrogen and oxygen atoms in total. The molecule has 0 saturated carbocycles. The van der Waals surface area contributed by atoms with Gasteiger partial charge in [-0.2, -0.15) is 13.2 Å². The predicted molar refractivity (Wildman–Crippen MR) is 94.3 cm³/mol. The summed E-state index contributed by atoms with van der Waals surface area (Å²) in [5, 5.41) is 0. The third-order valence-electron chi connectivity index (χ3n) is 4.20. The summed E-state index contributed by atoms with van der Waals surface area (Å²) >= 11 is 0. The van der Waals surface area contributed by atoms with Crippen molar-refractivity contribution < 1.29 is 27.4 Å². The summed E-state index contributed by atoms with van der Waals surface area (Å²) in [4.78, 5) is 12.9. The van der Waals surface area contributed by atoms with Crippen LogP contribution in [0.15, 0.2) is 43.0 Å². The number of hydrogen-bond acceptors (Lipinski definition) is 3. The van der Waals surface area contributed by atoms with Crippen LogP contribution in [0.2, 0.25) is 0 Å². The van der Waals surface area contributed by atoms with E-state index in [-0.39, 0.29) is 13.0 Å². The van der Waals surface area contributed by atoms with E-state index in [4.69, 9.17) is 15.9 Å². The molecule has 3 atom stereocenters. The highest BCUT2D eigenvalue weighted by molar-refractivity contribution is 5.82. The Labute approximate surface area is 156 Å². The molecule has 0 bridgehead atoms.